The Labute approximate surface area is 126 Å². The Morgan fingerprint density at radius 2 is 1.67 bits per heavy atom. The number of methoxy groups -OCH3 is 1. The lowest BCUT2D eigenvalue weighted by Crippen LogP contribution is -2.36. The molecule has 21 heavy (non-hydrogen) atoms. The summed E-state index contributed by atoms with van der Waals surface area (Å²) >= 11 is 0. The molecule has 0 aliphatic rings. The van der Waals surface area contributed by atoms with E-state index in [1.54, 1.807) is 7.11 Å². The molecule has 1 amide bonds. The van der Waals surface area contributed by atoms with E-state index in [1.807, 2.05) is 37.3 Å². The van der Waals surface area contributed by atoms with Crippen molar-refractivity contribution in [1.82, 2.24) is 5.32 Å². The van der Waals surface area contributed by atoms with Gasteiger partial charge in [-0.2, -0.15) is 0 Å². The topological polar surface area (TPSA) is 38.3 Å². The molecule has 0 fully saturated rings. The van der Waals surface area contributed by atoms with Gasteiger partial charge in [-0.15, -0.1) is 0 Å². The van der Waals surface area contributed by atoms with E-state index in [-0.39, 0.29) is 11.9 Å². The van der Waals surface area contributed by atoms with Gasteiger partial charge in [0.15, 0.2) is 0 Å². The second-order valence-electron chi connectivity index (χ2n) is 5.16. The molecule has 1 unspecified atom stereocenters. The van der Waals surface area contributed by atoms with E-state index in [0.717, 1.165) is 11.1 Å². The van der Waals surface area contributed by atoms with Gasteiger partial charge in [-0.05, 0) is 23.6 Å². The van der Waals surface area contributed by atoms with Gasteiger partial charge in [0.1, 0.15) is 0 Å². The van der Waals surface area contributed by atoms with Crippen LogP contribution in [0.15, 0.2) is 54.6 Å². The Bertz CT molecular complexity index is 564. The van der Waals surface area contributed by atoms with Crippen LogP contribution in [0.2, 0.25) is 0 Å². The van der Waals surface area contributed by atoms with Gasteiger partial charge in [0.05, 0.1) is 13.0 Å². The predicted octanol–water partition coefficient (Wildman–Crippen LogP) is 3.05. The minimum atomic E-state index is 0.0204. The molecule has 0 saturated carbocycles. The SMILES string of the molecule is COCC(C)NC(=O)Cc1ccc(-c2ccccc2)cc1. The predicted molar refractivity (Wildman–Crippen MR) is 85.1 cm³/mol. The number of hydrogen-bond acceptors (Lipinski definition) is 2. The summed E-state index contributed by atoms with van der Waals surface area (Å²) in [6, 6.07) is 18.3. The zero-order valence-corrected chi connectivity index (χ0v) is 12.5. The number of carbonyl (C=O) groups is 1. The number of ether oxygens (including phenoxy) is 1. The van der Waals surface area contributed by atoms with Gasteiger partial charge in [0, 0.05) is 13.2 Å². The summed E-state index contributed by atoms with van der Waals surface area (Å²) in [7, 11) is 1.63. The maximum Gasteiger partial charge on any atom is 0.224 e. The van der Waals surface area contributed by atoms with E-state index in [9.17, 15) is 4.79 Å². The van der Waals surface area contributed by atoms with Gasteiger partial charge in [0.2, 0.25) is 5.91 Å². The fourth-order valence-electron chi connectivity index (χ4n) is 2.25. The van der Waals surface area contributed by atoms with Crippen LogP contribution in [0.5, 0.6) is 0 Å². The highest BCUT2D eigenvalue weighted by Crippen LogP contribution is 2.19. The smallest absolute Gasteiger partial charge is 0.224 e. The van der Waals surface area contributed by atoms with Crippen LogP contribution in [-0.4, -0.2) is 25.7 Å². The molecule has 0 bridgehead atoms. The highest BCUT2D eigenvalue weighted by molar-refractivity contribution is 5.79. The standard InChI is InChI=1S/C18H21NO2/c1-14(13-21-2)19-18(20)12-15-8-10-17(11-9-15)16-6-4-3-5-7-16/h3-11,14H,12-13H2,1-2H3,(H,19,20). The van der Waals surface area contributed by atoms with Crippen molar-refractivity contribution in [2.75, 3.05) is 13.7 Å². The third-order valence-electron chi connectivity index (χ3n) is 3.25. The average Bonchev–Trinajstić information content (AvgIpc) is 2.49. The number of benzene rings is 2. The summed E-state index contributed by atoms with van der Waals surface area (Å²) in [5.41, 5.74) is 3.35. The normalized spacial score (nSPS) is 11.9. The van der Waals surface area contributed by atoms with Crippen molar-refractivity contribution in [3.63, 3.8) is 0 Å². The van der Waals surface area contributed by atoms with Gasteiger partial charge >= 0.3 is 0 Å². The van der Waals surface area contributed by atoms with Crippen molar-refractivity contribution >= 4 is 5.91 Å². The molecule has 0 heterocycles. The molecule has 0 radical (unpaired) electrons. The van der Waals surface area contributed by atoms with Crippen LogP contribution in [-0.2, 0) is 16.0 Å². The van der Waals surface area contributed by atoms with Crippen molar-refractivity contribution in [2.24, 2.45) is 0 Å². The summed E-state index contributed by atoms with van der Waals surface area (Å²) in [6.07, 6.45) is 0.392. The lowest BCUT2D eigenvalue weighted by Gasteiger charge is -2.12. The maximum absolute atomic E-state index is 11.9. The van der Waals surface area contributed by atoms with Crippen LogP contribution in [0.1, 0.15) is 12.5 Å². The first-order valence-corrected chi connectivity index (χ1v) is 7.11. The number of carbonyl (C=O) groups excluding carboxylic acids is 1. The summed E-state index contributed by atoms with van der Waals surface area (Å²) < 4.78 is 5.00. The summed E-state index contributed by atoms with van der Waals surface area (Å²) in [5, 5.41) is 2.91. The van der Waals surface area contributed by atoms with Gasteiger partial charge in [0.25, 0.3) is 0 Å². The first-order chi connectivity index (χ1) is 10.2. The molecular weight excluding hydrogens is 262 g/mol. The number of rotatable bonds is 6. The highest BCUT2D eigenvalue weighted by Gasteiger charge is 2.08. The van der Waals surface area contributed by atoms with Crippen molar-refractivity contribution < 1.29 is 9.53 Å². The van der Waals surface area contributed by atoms with E-state index in [4.69, 9.17) is 4.74 Å². The fourth-order valence-corrected chi connectivity index (χ4v) is 2.25. The third-order valence-corrected chi connectivity index (χ3v) is 3.25. The zero-order valence-electron chi connectivity index (χ0n) is 12.5. The molecule has 3 heteroatoms. The quantitative estimate of drug-likeness (QED) is 0.885. The molecule has 1 atom stereocenters. The second-order valence-corrected chi connectivity index (χ2v) is 5.16. The van der Waals surface area contributed by atoms with E-state index >= 15 is 0 Å². The number of nitrogens with one attached hydrogen (secondary N) is 1. The first-order valence-electron chi connectivity index (χ1n) is 7.11. The highest BCUT2D eigenvalue weighted by atomic mass is 16.5. The van der Waals surface area contributed by atoms with Gasteiger partial charge in [-0.3, -0.25) is 4.79 Å². The molecule has 2 rings (SSSR count). The van der Waals surface area contributed by atoms with E-state index < -0.39 is 0 Å². The van der Waals surface area contributed by atoms with Gasteiger partial charge in [-0.1, -0.05) is 54.6 Å². The Kier molecular flexibility index (Phi) is 5.52. The van der Waals surface area contributed by atoms with Crippen molar-refractivity contribution in [2.45, 2.75) is 19.4 Å². The minimum Gasteiger partial charge on any atom is -0.383 e. The number of amides is 1. The van der Waals surface area contributed by atoms with Crippen LogP contribution in [0.3, 0.4) is 0 Å². The Balaban J connectivity index is 1.95. The zero-order chi connectivity index (χ0) is 15.1. The first kappa shape index (κ1) is 15.3. The molecule has 0 aromatic heterocycles. The van der Waals surface area contributed by atoms with Crippen LogP contribution in [0.4, 0.5) is 0 Å². The molecule has 3 nitrogen and oxygen atoms in total. The summed E-state index contributed by atoms with van der Waals surface area (Å²) in [5.74, 6) is 0.0204. The Morgan fingerprint density at radius 1 is 1.05 bits per heavy atom. The van der Waals surface area contributed by atoms with E-state index in [2.05, 4.69) is 29.6 Å². The molecule has 0 spiro atoms. The lowest BCUT2D eigenvalue weighted by atomic mass is 10.0. The minimum absolute atomic E-state index is 0.0204. The van der Waals surface area contributed by atoms with Gasteiger partial charge < -0.3 is 10.1 Å². The van der Waals surface area contributed by atoms with Gasteiger partial charge in [-0.25, -0.2) is 0 Å². The molecule has 2 aromatic carbocycles. The molecule has 2 aromatic rings. The Hall–Kier alpha value is -2.13. The molecule has 0 saturated heterocycles. The monoisotopic (exact) mass is 283 g/mol. The van der Waals surface area contributed by atoms with Crippen molar-refractivity contribution in [3.05, 3.63) is 60.2 Å². The summed E-state index contributed by atoms with van der Waals surface area (Å²) in [6.45, 7) is 2.46. The molecular formula is C18H21NO2. The van der Waals surface area contributed by atoms with Crippen molar-refractivity contribution in [1.29, 1.82) is 0 Å². The third kappa shape index (κ3) is 4.72. The van der Waals surface area contributed by atoms with E-state index in [0.29, 0.717) is 13.0 Å². The summed E-state index contributed by atoms with van der Waals surface area (Å²) in [4.78, 5) is 11.9. The van der Waals surface area contributed by atoms with Crippen LogP contribution in [0, 0.1) is 0 Å². The van der Waals surface area contributed by atoms with Crippen molar-refractivity contribution in [3.8, 4) is 11.1 Å². The molecule has 0 aliphatic carbocycles. The second kappa shape index (κ2) is 7.60. The maximum atomic E-state index is 11.9. The molecule has 110 valence electrons. The van der Waals surface area contributed by atoms with Crippen LogP contribution < -0.4 is 5.32 Å². The lowest BCUT2D eigenvalue weighted by molar-refractivity contribution is -0.121. The van der Waals surface area contributed by atoms with E-state index in [1.165, 1.54) is 5.56 Å². The fraction of sp³-hybridized carbons (Fsp3) is 0.278. The largest absolute Gasteiger partial charge is 0.383 e. The van der Waals surface area contributed by atoms with Crippen LogP contribution >= 0.6 is 0 Å². The number of hydrogen-bond donors (Lipinski definition) is 1. The Morgan fingerprint density at radius 3 is 2.29 bits per heavy atom. The molecule has 0 aliphatic heterocycles. The average molecular weight is 283 g/mol. The van der Waals surface area contributed by atoms with Crippen LogP contribution in [0.25, 0.3) is 11.1 Å². The molecule has 1 N–H and O–H groups in total.